The number of hydrogen-bond donors (Lipinski definition) is 0. The third kappa shape index (κ3) is 2.79. The number of rotatable bonds is 3. The quantitative estimate of drug-likeness (QED) is 0.586. The molecular formula is C8H14O4. The Labute approximate surface area is 71.8 Å². The van der Waals surface area contributed by atoms with Crippen molar-refractivity contribution in [2.24, 2.45) is 5.92 Å². The number of carbonyl (C=O) groups is 1. The Morgan fingerprint density at radius 1 is 1.58 bits per heavy atom. The van der Waals surface area contributed by atoms with E-state index in [0.717, 1.165) is 0 Å². The van der Waals surface area contributed by atoms with Crippen LogP contribution in [0.3, 0.4) is 0 Å². The van der Waals surface area contributed by atoms with Crippen molar-refractivity contribution in [1.82, 2.24) is 0 Å². The fourth-order valence-corrected chi connectivity index (χ4v) is 1.03. The van der Waals surface area contributed by atoms with E-state index >= 15 is 0 Å². The Hall–Kier alpha value is -0.610. The van der Waals surface area contributed by atoms with Crippen LogP contribution < -0.4 is 0 Å². The van der Waals surface area contributed by atoms with E-state index in [0.29, 0.717) is 19.8 Å². The summed E-state index contributed by atoms with van der Waals surface area (Å²) in [5.74, 6) is -0.156. The van der Waals surface area contributed by atoms with Gasteiger partial charge in [-0.1, -0.05) is 6.92 Å². The zero-order valence-electron chi connectivity index (χ0n) is 7.41. The largest absolute Gasteiger partial charge is 0.465 e. The maximum Gasteiger partial charge on any atom is 0.302 e. The summed E-state index contributed by atoms with van der Waals surface area (Å²) in [6, 6.07) is 0. The zero-order chi connectivity index (χ0) is 8.97. The lowest BCUT2D eigenvalue weighted by Crippen LogP contribution is -2.24. The molecular weight excluding hydrogens is 160 g/mol. The van der Waals surface area contributed by atoms with Crippen molar-refractivity contribution in [3.8, 4) is 0 Å². The lowest BCUT2D eigenvalue weighted by molar-refractivity contribution is -0.148. The highest BCUT2D eigenvalue weighted by atomic mass is 16.7. The normalized spacial score (nSPS) is 20.8. The van der Waals surface area contributed by atoms with E-state index in [2.05, 4.69) is 0 Å². The van der Waals surface area contributed by atoms with Gasteiger partial charge < -0.3 is 14.2 Å². The minimum atomic E-state index is -0.264. The highest BCUT2D eigenvalue weighted by molar-refractivity contribution is 5.65. The van der Waals surface area contributed by atoms with E-state index in [9.17, 15) is 4.79 Å². The molecule has 0 aromatic rings. The van der Waals surface area contributed by atoms with E-state index in [1.165, 1.54) is 6.92 Å². The van der Waals surface area contributed by atoms with Gasteiger partial charge in [-0.3, -0.25) is 4.79 Å². The molecule has 0 spiro atoms. The third-order valence-electron chi connectivity index (χ3n) is 1.66. The van der Waals surface area contributed by atoms with Gasteiger partial charge in [0.05, 0.1) is 19.8 Å². The summed E-state index contributed by atoms with van der Waals surface area (Å²) in [7, 11) is 0. The topological polar surface area (TPSA) is 44.8 Å². The maximum absolute atomic E-state index is 10.5. The lowest BCUT2D eigenvalue weighted by atomic mass is 10.2. The summed E-state index contributed by atoms with van der Waals surface area (Å²) >= 11 is 0. The summed E-state index contributed by atoms with van der Waals surface area (Å²) in [6.45, 7) is 4.95. The zero-order valence-corrected chi connectivity index (χ0v) is 7.41. The Morgan fingerprint density at radius 3 is 2.67 bits per heavy atom. The molecule has 1 unspecified atom stereocenters. The second kappa shape index (κ2) is 4.42. The van der Waals surface area contributed by atoms with Gasteiger partial charge in [0.1, 0.15) is 0 Å². The van der Waals surface area contributed by atoms with Crippen LogP contribution >= 0.6 is 0 Å². The van der Waals surface area contributed by atoms with E-state index in [1.807, 2.05) is 6.92 Å². The van der Waals surface area contributed by atoms with Crippen molar-refractivity contribution in [2.45, 2.75) is 20.1 Å². The molecule has 0 N–H and O–H groups in total. The standard InChI is InChI=1S/C8H14O4/c1-6(5-12-7(2)9)8-10-3-4-11-8/h6,8H,3-5H2,1-2H3. The molecule has 0 aromatic heterocycles. The molecule has 1 aliphatic heterocycles. The van der Waals surface area contributed by atoms with Crippen LogP contribution in [0, 0.1) is 5.92 Å². The van der Waals surface area contributed by atoms with Gasteiger partial charge in [0.15, 0.2) is 6.29 Å². The first-order chi connectivity index (χ1) is 5.70. The van der Waals surface area contributed by atoms with Crippen LogP contribution in [-0.2, 0) is 19.0 Å². The van der Waals surface area contributed by atoms with Gasteiger partial charge in [-0.15, -0.1) is 0 Å². The lowest BCUT2D eigenvalue weighted by Gasteiger charge is -2.16. The van der Waals surface area contributed by atoms with E-state index in [1.54, 1.807) is 0 Å². The summed E-state index contributed by atoms with van der Waals surface area (Å²) < 4.78 is 15.3. The molecule has 0 aromatic carbocycles. The molecule has 12 heavy (non-hydrogen) atoms. The second-order valence-electron chi connectivity index (χ2n) is 2.89. The minimum absolute atomic E-state index is 0.108. The Kier molecular flexibility index (Phi) is 3.49. The smallest absolute Gasteiger partial charge is 0.302 e. The average Bonchev–Trinajstić information content (AvgIpc) is 2.51. The number of carbonyl (C=O) groups excluding carboxylic acids is 1. The van der Waals surface area contributed by atoms with Crippen LogP contribution in [0.25, 0.3) is 0 Å². The van der Waals surface area contributed by atoms with Gasteiger partial charge in [-0.25, -0.2) is 0 Å². The molecule has 70 valence electrons. The first-order valence-electron chi connectivity index (χ1n) is 4.06. The van der Waals surface area contributed by atoms with Crippen molar-refractivity contribution < 1.29 is 19.0 Å². The van der Waals surface area contributed by atoms with Gasteiger partial charge in [0.25, 0.3) is 0 Å². The molecule has 0 bridgehead atoms. The third-order valence-corrected chi connectivity index (χ3v) is 1.66. The van der Waals surface area contributed by atoms with Gasteiger partial charge in [-0.05, 0) is 0 Å². The van der Waals surface area contributed by atoms with Gasteiger partial charge in [-0.2, -0.15) is 0 Å². The van der Waals surface area contributed by atoms with Gasteiger partial charge in [0.2, 0.25) is 0 Å². The van der Waals surface area contributed by atoms with E-state index < -0.39 is 0 Å². The number of esters is 1. The number of hydrogen-bond acceptors (Lipinski definition) is 4. The predicted octanol–water partition coefficient (Wildman–Crippen LogP) is 0.558. The molecule has 0 amide bonds. The van der Waals surface area contributed by atoms with Crippen molar-refractivity contribution in [3.63, 3.8) is 0 Å². The van der Waals surface area contributed by atoms with Crippen LogP contribution in [0.5, 0.6) is 0 Å². The Bertz CT molecular complexity index is 151. The SMILES string of the molecule is CC(=O)OCC(C)C1OCCO1. The summed E-state index contributed by atoms with van der Waals surface area (Å²) in [5, 5.41) is 0. The van der Waals surface area contributed by atoms with Crippen LogP contribution in [0.4, 0.5) is 0 Å². The fraction of sp³-hybridized carbons (Fsp3) is 0.875. The Morgan fingerprint density at radius 2 is 2.17 bits per heavy atom. The molecule has 0 aliphatic carbocycles. The summed E-state index contributed by atoms with van der Waals surface area (Å²) in [4.78, 5) is 10.5. The molecule has 4 nitrogen and oxygen atoms in total. The first kappa shape index (κ1) is 9.48. The van der Waals surface area contributed by atoms with Crippen molar-refractivity contribution in [2.75, 3.05) is 19.8 Å². The van der Waals surface area contributed by atoms with Crippen LogP contribution in [0.15, 0.2) is 0 Å². The Balaban J connectivity index is 2.17. The van der Waals surface area contributed by atoms with Crippen LogP contribution in [-0.4, -0.2) is 32.1 Å². The van der Waals surface area contributed by atoms with Crippen molar-refractivity contribution >= 4 is 5.97 Å². The molecule has 1 aliphatic rings. The number of ether oxygens (including phenoxy) is 3. The van der Waals surface area contributed by atoms with Crippen LogP contribution in [0.1, 0.15) is 13.8 Å². The van der Waals surface area contributed by atoms with Crippen molar-refractivity contribution in [1.29, 1.82) is 0 Å². The summed E-state index contributed by atoms with van der Waals surface area (Å²) in [5.41, 5.74) is 0. The predicted molar refractivity (Wildman–Crippen MR) is 41.5 cm³/mol. The van der Waals surface area contributed by atoms with Crippen molar-refractivity contribution in [3.05, 3.63) is 0 Å². The minimum Gasteiger partial charge on any atom is -0.465 e. The highest BCUT2D eigenvalue weighted by Crippen LogP contribution is 2.14. The maximum atomic E-state index is 10.5. The van der Waals surface area contributed by atoms with Crippen LogP contribution in [0.2, 0.25) is 0 Å². The molecule has 1 rings (SSSR count). The molecule has 4 heteroatoms. The molecule has 1 saturated heterocycles. The van der Waals surface area contributed by atoms with Gasteiger partial charge in [0, 0.05) is 12.8 Å². The molecule has 0 radical (unpaired) electrons. The van der Waals surface area contributed by atoms with E-state index in [4.69, 9.17) is 14.2 Å². The fourth-order valence-electron chi connectivity index (χ4n) is 1.03. The average molecular weight is 174 g/mol. The van der Waals surface area contributed by atoms with E-state index in [-0.39, 0.29) is 18.2 Å². The molecule has 0 saturated carbocycles. The highest BCUT2D eigenvalue weighted by Gasteiger charge is 2.23. The molecule has 1 heterocycles. The monoisotopic (exact) mass is 174 g/mol. The summed E-state index contributed by atoms with van der Waals surface area (Å²) in [6.07, 6.45) is -0.204. The van der Waals surface area contributed by atoms with Gasteiger partial charge >= 0.3 is 5.97 Å². The first-order valence-corrected chi connectivity index (χ1v) is 4.06. The molecule has 1 atom stereocenters. The molecule has 1 fully saturated rings. The second-order valence-corrected chi connectivity index (χ2v) is 2.89.